The van der Waals surface area contributed by atoms with Crippen LogP contribution in [0.15, 0.2) is 146 Å². The van der Waals surface area contributed by atoms with Crippen molar-refractivity contribution in [3.05, 3.63) is 168 Å². The quantitative estimate of drug-likeness (QED) is 0.134. The van der Waals surface area contributed by atoms with Crippen molar-refractivity contribution in [2.75, 3.05) is 13.2 Å². The summed E-state index contributed by atoms with van der Waals surface area (Å²) in [5, 5.41) is 28.2. The molecule has 0 spiro atoms. The zero-order valence-electron chi connectivity index (χ0n) is 32.9. The predicted octanol–water partition coefficient (Wildman–Crippen LogP) is 15.2. The molecule has 0 radical (unpaired) electrons. The van der Waals surface area contributed by atoms with Crippen molar-refractivity contribution >= 4 is 38.6 Å². The van der Waals surface area contributed by atoms with E-state index >= 15 is 0 Å². The third-order valence-electron chi connectivity index (χ3n) is 10.5. The molecule has 0 atom stereocenters. The summed E-state index contributed by atoms with van der Waals surface area (Å²) in [7, 11) is 9.87. The maximum absolute atomic E-state index is 11.8. The van der Waals surface area contributed by atoms with Gasteiger partial charge < -0.3 is 19.7 Å². The molecule has 298 valence electrons. The predicted molar refractivity (Wildman–Crippen MR) is 246 cm³/mol. The minimum atomic E-state index is -0.826. The monoisotopic (exact) mass is 896 g/mol. The summed E-state index contributed by atoms with van der Waals surface area (Å²) < 4.78 is 12.8. The Balaban J connectivity index is 0.00000142. The number of phenols is 2. The standard InChI is InChI=1S/C51H44O4.CH4.2ClH.Zr/c1-32-20-26-46(44(30-32)40-16-9-18-42(50(40)52)48-34(3)22-24-36-12-5-7-14-38(36)48)54-28-11-29-55-47-27-21-33(2)31-45(47)41-17-10-19-43(51(41)53)49-35(4)23-25-37-13-6-8-15-39(37)49;;;;/h5-10,12-27,30-31,52-53H,11,28-29H2,1-4H3;1H4;2*1H;/q;;;;+2/p-2. The summed E-state index contributed by atoms with van der Waals surface area (Å²) in [5.41, 5.74) is 11.2. The first kappa shape index (κ1) is 43.5. The number of benzene rings is 8. The van der Waals surface area contributed by atoms with Crippen molar-refractivity contribution < 1.29 is 40.5 Å². The van der Waals surface area contributed by atoms with Gasteiger partial charge in [-0.3, -0.25) is 0 Å². The zero-order chi connectivity index (χ0) is 40.8. The van der Waals surface area contributed by atoms with Gasteiger partial charge in [-0.15, -0.1) is 0 Å². The minimum absolute atomic E-state index is 0. The van der Waals surface area contributed by atoms with Gasteiger partial charge in [0.25, 0.3) is 0 Å². The fourth-order valence-corrected chi connectivity index (χ4v) is 7.78. The molecule has 59 heavy (non-hydrogen) atoms. The topological polar surface area (TPSA) is 58.9 Å². The molecular formula is C52H48Cl2O4Zr. The molecule has 0 fully saturated rings. The summed E-state index contributed by atoms with van der Waals surface area (Å²) in [6, 6.07) is 49.1. The first-order chi connectivity index (χ1) is 28.2. The Bertz CT molecular complexity index is 2560. The fourth-order valence-electron chi connectivity index (χ4n) is 7.78. The third-order valence-corrected chi connectivity index (χ3v) is 10.5. The second-order valence-corrected chi connectivity index (χ2v) is 18.2. The Morgan fingerprint density at radius 3 is 1.27 bits per heavy atom. The van der Waals surface area contributed by atoms with Crippen LogP contribution >= 0.6 is 17.0 Å². The van der Waals surface area contributed by atoms with Crippen LogP contribution in [0.2, 0.25) is 0 Å². The van der Waals surface area contributed by atoms with Crippen LogP contribution in [0.5, 0.6) is 23.0 Å². The Kier molecular flexibility index (Phi) is 14.6. The number of rotatable bonds is 10. The molecule has 0 bridgehead atoms. The van der Waals surface area contributed by atoms with Gasteiger partial charge in [-0.25, -0.2) is 0 Å². The Labute approximate surface area is 366 Å². The average molecular weight is 899 g/mol. The Hall–Kier alpha value is -5.06. The maximum atomic E-state index is 11.8. The summed E-state index contributed by atoms with van der Waals surface area (Å²) in [5.74, 6) is 1.87. The van der Waals surface area contributed by atoms with Crippen LogP contribution in [0.25, 0.3) is 66.1 Å². The van der Waals surface area contributed by atoms with E-state index in [1.54, 1.807) is 0 Å². The van der Waals surface area contributed by atoms with Gasteiger partial charge in [-0.1, -0.05) is 140 Å². The summed E-state index contributed by atoms with van der Waals surface area (Å²) in [6.45, 7) is 9.11. The van der Waals surface area contributed by atoms with E-state index in [1.165, 1.54) is 0 Å². The number of hydrogen-bond donors (Lipinski definition) is 2. The number of para-hydroxylation sites is 2. The number of hydrogen-bond acceptors (Lipinski definition) is 4. The molecule has 8 rings (SSSR count). The Morgan fingerprint density at radius 2 is 0.847 bits per heavy atom. The van der Waals surface area contributed by atoms with Crippen molar-refractivity contribution in [2.45, 2.75) is 41.5 Å². The normalized spacial score (nSPS) is 10.7. The van der Waals surface area contributed by atoms with Crippen LogP contribution in [-0.2, 0) is 20.8 Å². The molecule has 8 aromatic rings. The van der Waals surface area contributed by atoms with Gasteiger partial charge in [-0.05, 0) is 95.8 Å². The third kappa shape index (κ3) is 9.39. The van der Waals surface area contributed by atoms with E-state index in [9.17, 15) is 10.2 Å². The fraction of sp³-hybridized carbons (Fsp3) is 0.154. The molecule has 0 unspecified atom stereocenters. The van der Waals surface area contributed by atoms with Gasteiger partial charge in [0.05, 0.1) is 13.2 Å². The number of halogens is 2. The molecule has 0 saturated carbocycles. The second-order valence-electron chi connectivity index (χ2n) is 14.5. The molecule has 0 heterocycles. The summed E-state index contributed by atoms with van der Waals surface area (Å²) >= 11 is -0.826. The van der Waals surface area contributed by atoms with Gasteiger partial charge in [0.1, 0.15) is 23.0 Å². The molecule has 4 nitrogen and oxygen atoms in total. The van der Waals surface area contributed by atoms with Crippen molar-refractivity contribution in [2.24, 2.45) is 0 Å². The van der Waals surface area contributed by atoms with Gasteiger partial charge >= 0.3 is 37.9 Å². The number of aromatic hydroxyl groups is 2. The molecule has 2 N–H and O–H groups in total. The number of phenolic OH excluding ortho intramolecular Hbond substituents is 2. The van der Waals surface area contributed by atoms with Crippen molar-refractivity contribution in [1.82, 2.24) is 0 Å². The summed E-state index contributed by atoms with van der Waals surface area (Å²) in [6.07, 6.45) is 0.628. The van der Waals surface area contributed by atoms with Crippen molar-refractivity contribution in [3.63, 3.8) is 0 Å². The van der Waals surface area contributed by atoms with Gasteiger partial charge in [0, 0.05) is 39.8 Å². The first-order valence-electron chi connectivity index (χ1n) is 19.3. The van der Waals surface area contributed by atoms with E-state index in [1.807, 2.05) is 98.8 Å². The average Bonchev–Trinajstić information content (AvgIpc) is 3.22. The van der Waals surface area contributed by atoms with Crippen LogP contribution in [0.3, 0.4) is 0 Å². The second kappa shape index (κ2) is 19.8. The molecule has 0 aromatic heterocycles. The van der Waals surface area contributed by atoms with Gasteiger partial charge in [-0.2, -0.15) is 0 Å². The molecular weight excluding hydrogens is 851 g/mol. The van der Waals surface area contributed by atoms with E-state index in [4.69, 9.17) is 26.5 Å². The van der Waals surface area contributed by atoms with Gasteiger partial charge in [0.2, 0.25) is 0 Å². The molecule has 0 aliphatic heterocycles. The number of ether oxygens (including phenoxy) is 2. The zero-order valence-corrected chi connectivity index (χ0v) is 36.9. The van der Waals surface area contributed by atoms with Gasteiger partial charge in [0.15, 0.2) is 0 Å². The summed E-state index contributed by atoms with van der Waals surface area (Å²) in [4.78, 5) is 0. The molecule has 0 aliphatic rings. The first-order valence-corrected chi connectivity index (χ1v) is 25.6. The molecule has 0 saturated heterocycles. The van der Waals surface area contributed by atoms with E-state index in [2.05, 4.69) is 74.5 Å². The molecule has 0 amide bonds. The van der Waals surface area contributed by atoms with Crippen LogP contribution in [0.1, 0.15) is 36.1 Å². The van der Waals surface area contributed by atoms with E-state index < -0.39 is 20.8 Å². The van der Waals surface area contributed by atoms with E-state index in [-0.39, 0.29) is 18.9 Å². The van der Waals surface area contributed by atoms with E-state index in [0.717, 1.165) is 88.3 Å². The molecule has 8 aromatic carbocycles. The Morgan fingerprint density at radius 1 is 0.458 bits per heavy atom. The van der Waals surface area contributed by atoms with Crippen LogP contribution in [0, 0.1) is 27.7 Å². The molecule has 7 heteroatoms. The molecule has 0 aliphatic carbocycles. The number of fused-ring (bicyclic) bond motifs is 2. The van der Waals surface area contributed by atoms with Crippen molar-refractivity contribution in [3.8, 4) is 67.5 Å². The van der Waals surface area contributed by atoms with Crippen LogP contribution < -0.4 is 9.47 Å². The SMILES string of the molecule is C.Cc1ccc(OCCCOc2ccc(C)cc2-c2cccc(-c3c(C)ccc4ccccc34)c2O)c(-c2cccc(-c3c(C)ccc4ccccc34)c2O)c1.[Cl][Zr][Cl]. The van der Waals surface area contributed by atoms with Crippen molar-refractivity contribution in [1.29, 1.82) is 0 Å². The van der Waals surface area contributed by atoms with Crippen LogP contribution in [0.4, 0.5) is 0 Å². The van der Waals surface area contributed by atoms with Crippen LogP contribution in [-0.4, -0.2) is 23.4 Å². The van der Waals surface area contributed by atoms with E-state index in [0.29, 0.717) is 31.1 Å². The number of aryl methyl sites for hydroxylation is 4.